The van der Waals surface area contributed by atoms with Gasteiger partial charge in [-0.25, -0.2) is 0 Å². The quantitative estimate of drug-likeness (QED) is 0.843. The van der Waals surface area contributed by atoms with E-state index < -0.39 is 0 Å². The highest BCUT2D eigenvalue weighted by atomic mass is 79.9. The van der Waals surface area contributed by atoms with Gasteiger partial charge in [-0.2, -0.15) is 9.97 Å². The fraction of sp³-hybridized carbons (Fsp3) is 0.556. The third-order valence-electron chi connectivity index (χ3n) is 2.12. The molecule has 0 aliphatic carbocycles. The summed E-state index contributed by atoms with van der Waals surface area (Å²) in [4.78, 5) is 8.00. The summed E-state index contributed by atoms with van der Waals surface area (Å²) in [5.41, 5.74) is 5.55. The highest BCUT2D eigenvalue weighted by molar-refractivity contribution is 9.10. The summed E-state index contributed by atoms with van der Waals surface area (Å²) in [6.45, 7) is 1.30. The van der Waals surface area contributed by atoms with Crippen LogP contribution in [0.15, 0.2) is 10.7 Å². The minimum atomic E-state index is 0.161. The van der Waals surface area contributed by atoms with E-state index in [1.165, 1.54) is 0 Å². The summed E-state index contributed by atoms with van der Waals surface area (Å²) in [7, 11) is 0. The lowest BCUT2D eigenvalue weighted by Gasteiger charge is -2.10. The fourth-order valence-corrected chi connectivity index (χ4v) is 1.81. The minimum absolute atomic E-state index is 0.161. The molecule has 1 fully saturated rings. The van der Waals surface area contributed by atoms with Crippen molar-refractivity contribution in [3.63, 3.8) is 0 Å². The van der Waals surface area contributed by atoms with Crippen LogP contribution in [0.2, 0.25) is 0 Å². The third kappa shape index (κ3) is 3.04. The molecule has 2 rings (SSSR count). The molecule has 1 aromatic heterocycles. The van der Waals surface area contributed by atoms with Crippen LogP contribution in [0.3, 0.4) is 0 Å². The van der Waals surface area contributed by atoms with Gasteiger partial charge in [0.2, 0.25) is 0 Å². The van der Waals surface area contributed by atoms with E-state index in [-0.39, 0.29) is 12.1 Å². The molecule has 1 aromatic rings. The van der Waals surface area contributed by atoms with Crippen molar-refractivity contribution in [2.24, 2.45) is 0 Å². The molecule has 82 valence electrons. The van der Waals surface area contributed by atoms with E-state index in [1.807, 2.05) is 0 Å². The minimum Gasteiger partial charge on any atom is -0.461 e. The third-order valence-corrected chi connectivity index (χ3v) is 2.52. The number of hydrogen-bond donors (Lipinski definition) is 1. The number of ether oxygens (including phenoxy) is 2. The summed E-state index contributed by atoms with van der Waals surface area (Å²) < 4.78 is 11.4. The second-order valence-electron chi connectivity index (χ2n) is 3.34. The maximum absolute atomic E-state index is 5.55. The van der Waals surface area contributed by atoms with Crippen LogP contribution in [0.1, 0.15) is 12.8 Å². The summed E-state index contributed by atoms with van der Waals surface area (Å²) >= 11 is 3.22. The Morgan fingerprint density at radius 1 is 1.60 bits per heavy atom. The van der Waals surface area contributed by atoms with Gasteiger partial charge in [0.1, 0.15) is 17.0 Å². The van der Waals surface area contributed by atoms with Crippen LogP contribution in [-0.4, -0.2) is 29.3 Å². The Bertz CT molecular complexity index is 322. The summed E-state index contributed by atoms with van der Waals surface area (Å²) in [6, 6.07) is 1.91. The number of halogens is 1. The number of nitrogens with two attached hydrogens (primary N) is 1. The highest BCUT2D eigenvalue weighted by Crippen LogP contribution is 2.16. The molecule has 1 unspecified atom stereocenters. The molecule has 1 aliphatic heterocycles. The first kappa shape index (κ1) is 10.6. The molecule has 0 saturated carbocycles. The average molecular weight is 274 g/mol. The van der Waals surface area contributed by atoms with Crippen LogP contribution in [0.5, 0.6) is 6.01 Å². The van der Waals surface area contributed by atoms with E-state index in [2.05, 4.69) is 25.9 Å². The number of hydrogen-bond acceptors (Lipinski definition) is 5. The summed E-state index contributed by atoms with van der Waals surface area (Å²) in [5, 5.41) is 0. The first-order chi connectivity index (χ1) is 7.24. The zero-order valence-electron chi connectivity index (χ0n) is 8.15. The average Bonchev–Trinajstić information content (AvgIpc) is 2.65. The monoisotopic (exact) mass is 273 g/mol. The van der Waals surface area contributed by atoms with Crippen LogP contribution in [0, 0.1) is 0 Å². The van der Waals surface area contributed by atoms with Gasteiger partial charge in [0.25, 0.3) is 0 Å². The van der Waals surface area contributed by atoms with Crippen LogP contribution in [-0.2, 0) is 4.74 Å². The largest absolute Gasteiger partial charge is 0.461 e. The van der Waals surface area contributed by atoms with Gasteiger partial charge in [0.15, 0.2) is 0 Å². The van der Waals surface area contributed by atoms with Crippen molar-refractivity contribution in [1.29, 1.82) is 0 Å². The normalized spacial score (nSPS) is 20.5. The summed E-state index contributed by atoms with van der Waals surface area (Å²) in [5.74, 6) is 0.388. The Hall–Kier alpha value is -0.880. The molecule has 2 N–H and O–H groups in total. The number of nitrogens with zero attached hydrogens (tertiary/aromatic N) is 2. The number of aromatic nitrogens is 2. The van der Waals surface area contributed by atoms with Gasteiger partial charge in [0.05, 0.1) is 6.10 Å². The van der Waals surface area contributed by atoms with Crippen LogP contribution in [0.4, 0.5) is 5.82 Å². The van der Waals surface area contributed by atoms with Crippen LogP contribution < -0.4 is 10.5 Å². The predicted octanol–water partition coefficient (Wildman–Crippen LogP) is 1.38. The van der Waals surface area contributed by atoms with Gasteiger partial charge in [-0.15, -0.1) is 0 Å². The lowest BCUT2D eigenvalue weighted by molar-refractivity contribution is 0.0645. The smallest absolute Gasteiger partial charge is 0.319 e. The first-order valence-corrected chi connectivity index (χ1v) is 5.58. The molecule has 15 heavy (non-hydrogen) atoms. The molecule has 0 amide bonds. The maximum atomic E-state index is 5.55. The molecule has 1 atom stereocenters. The van der Waals surface area contributed by atoms with E-state index >= 15 is 0 Å². The summed E-state index contributed by atoms with van der Waals surface area (Å²) in [6.07, 6.45) is 2.28. The van der Waals surface area contributed by atoms with Gasteiger partial charge in [0, 0.05) is 12.7 Å². The molecular formula is C9H12BrN3O2. The zero-order chi connectivity index (χ0) is 10.7. The Morgan fingerprint density at radius 3 is 3.13 bits per heavy atom. The van der Waals surface area contributed by atoms with Crippen molar-refractivity contribution in [1.82, 2.24) is 9.97 Å². The molecule has 2 heterocycles. The van der Waals surface area contributed by atoms with E-state index in [4.69, 9.17) is 15.2 Å². The molecule has 0 bridgehead atoms. The molecular weight excluding hydrogens is 262 g/mol. The van der Waals surface area contributed by atoms with E-state index in [0.717, 1.165) is 19.4 Å². The van der Waals surface area contributed by atoms with Crippen molar-refractivity contribution in [3.8, 4) is 6.01 Å². The van der Waals surface area contributed by atoms with Crippen LogP contribution in [0.25, 0.3) is 0 Å². The first-order valence-electron chi connectivity index (χ1n) is 4.78. The van der Waals surface area contributed by atoms with Gasteiger partial charge < -0.3 is 15.2 Å². The van der Waals surface area contributed by atoms with Crippen molar-refractivity contribution in [2.45, 2.75) is 18.9 Å². The molecule has 1 aliphatic rings. The van der Waals surface area contributed by atoms with Gasteiger partial charge >= 0.3 is 6.01 Å². The second kappa shape index (κ2) is 4.76. The van der Waals surface area contributed by atoms with Crippen molar-refractivity contribution in [2.75, 3.05) is 18.9 Å². The Labute approximate surface area is 96.1 Å². The molecule has 0 aromatic carbocycles. The fourth-order valence-electron chi connectivity index (χ4n) is 1.42. The van der Waals surface area contributed by atoms with E-state index in [9.17, 15) is 0 Å². The lowest BCUT2D eigenvalue weighted by atomic mass is 10.2. The van der Waals surface area contributed by atoms with E-state index in [1.54, 1.807) is 6.07 Å². The highest BCUT2D eigenvalue weighted by Gasteiger charge is 2.16. The number of nitrogen functional groups attached to an aromatic ring is 1. The molecule has 5 nitrogen and oxygen atoms in total. The van der Waals surface area contributed by atoms with Gasteiger partial charge in [-0.05, 0) is 28.8 Å². The SMILES string of the molecule is Nc1cc(Br)nc(OCC2CCCO2)n1. The second-order valence-corrected chi connectivity index (χ2v) is 4.16. The Kier molecular flexibility index (Phi) is 3.37. The zero-order valence-corrected chi connectivity index (χ0v) is 9.74. The lowest BCUT2D eigenvalue weighted by Crippen LogP contribution is -2.17. The number of anilines is 1. The van der Waals surface area contributed by atoms with Gasteiger partial charge in [-0.1, -0.05) is 0 Å². The topological polar surface area (TPSA) is 70.3 Å². The van der Waals surface area contributed by atoms with E-state index in [0.29, 0.717) is 17.0 Å². The van der Waals surface area contributed by atoms with Crippen molar-refractivity contribution < 1.29 is 9.47 Å². The number of rotatable bonds is 3. The van der Waals surface area contributed by atoms with Crippen LogP contribution >= 0.6 is 15.9 Å². The van der Waals surface area contributed by atoms with Crippen molar-refractivity contribution in [3.05, 3.63) is 10.7 Å². The molecule has 1 saturated heterocycles. The molecule has 0 radical (unpaired) electrons. The van der Waals surface area contributed by atoms with Gasteiger partial charge in [-0.3, -0.25) is 0 Å². The maximum Gasteiger partial charge on any atom is 0.319 e. The molecule has 6 heteroatoms. The predicted molar refractivity (Wildman–Crippen MR) is 58.6 cm³/mol. The van der Waals surface area contributed by atoms with Crippen molar-refractivity contribution >= 4 is 21.7 Å². The Balaban J connectivity index is 1.92. The Morgan fingerprint density at radius 2 is 2.47 bits per heavy atom. The standard InChI is InChI=1S/C9H12BrN3O2/c10-7-4-8(11)13-9(12-7)15-5-6-2-1-3-14-6/h4,6H,1-3,5H2,(H2,11,12,13). The molecule has 0 spiro atoms.